The van der Waals surface area contributed by atoms with Crippen molar-refractivity contribution in [1.29, 1.82) is 0 Å². The van der Waals surface area contributed by atoms with Crippen LogP contribution in [0.4, 0.5) is 21.6 Å². The first kappa shape index (κ1) is 25.0. The van der Waals surface area contributed by atoms with E-state index in [1.165, 1.54) is 25.0 Å². The van der Waals surface area contributed by atoms with Gasteiger partial charge in [-0.2, -0.15) is 0 Å². The minimum atomic E-state index is -0.725. The molecule has 3 N–H and O–H groups in total. The van der Waals surface area contributed by atoms with Crippen LogP contribution in [0.2, 0.25) is 0 Å². The Kier molecular flexibility index (Phi) is 5.97. The number of nitrogens with one attached hydrogen (secondary N) is 2. The van der Waals surface area contributed by atoms with Gasteiger partial charge in [0.05, 0.1) is 40.6 Å². The van der Waals surface area contributed by atoms with Gasteiger partial charge in [-0.05, 0) is 62.6 Å². The smallest absolute Gasteiger partial charge is 0.254 e. The fourth-order valence-electron chi connectivity index (χ4n) is 6.20. The van der Waals surface area contributed by atoms with Gasteiger partial charge in [0.25, 0.3) is 5.91 Å². The second kappa shape index (κ2) is 9.57. The van der Waals surface area contributed by atoms with E-state index in [1.54, 1.807) is 12.4 Å². The highest BCUT2D eigenvalue weighted by Gasteiger charge is 2.38. The van der Waals surface area contributed by atoms with Crippen molar-refractivity contribution in [2.75, 3.05) is 36.9 Å². The molecule has 1 atom stereocenters. The van der Waals surface area contributed by atoms with E-state index in [4.69, 9.17) is 0 Å². The zero-order valence-corrected chi connectivity index (χ0v) is 22.4. The number of aromatic nitrogens is 3. The summed E-state index contributed by atoms with van der Waals surface area (Å²) in [4.78, 5) is 26.4. The summed E-state index contributed by atoms with van der Waals surface area (Å²) in [7, 11) is 2.11. The van der Waals surface area contributed by atoms with Crippen molar-refractivity contribution in [1.82, 2.24) is 24.6 Å². The predicted octanol–water partition coefficient (Wildman–Crippen LogP) is 3.95. The molecule has 1 saturated carbocycles. The second-order valence-electron chi connectivity index (χ2n) is 11.3. The Hall–Kier alpha value is -4.02. The number of nitrogens with zero attached hydrogens (tertiary/aromatic N) is 5. The molecule has 1 aromatic carbocycles. The van der Waals surface area contributed by atoms with Crippen molar-refractivity contribution in [3.63, 3.8) is 0 Å². The van der Waals surface area contributed by atoms with Crippen LogP contribution in [0, 0.1) is 5.82 Å². The Morgan fingerprint density at radius 1 is 1.20 bits per heavy atom. The molecule has 5 heterocycles. The molecule has 4 aromatic rings. The van der Waals surface area contributed by atoms with Crippen molar-refractivity contribution in [2.45, 2.75) is 43.9 Å². The minimum absolute atomic E-state index is 0.153. The van der Waals surface area contributed by atoms with Crippen LogP contribution >= 0.6 is 0 Å². The first-order chi connectivity index (χ1) is 19.4. The molecule has 0 radical (unpaired) electrons. The van der Waals surface area contributed by atoms with E-state index in [9.17, 15) is 14.3 Å². The Morgan fingerprint density at radius 3 is 2.88 bits per heavy atom. The van der Waals surface area contributed by atoms with Crippen LogP contribution < -0.4 is 15.5 Å². The van der Waals surface area contributed by atoms with Crippen LogP contribution in [0.5, 0.6) is 0 Å². The zero-order valence-electron chi connectivity index (χ0n) is 22.4. The van der Waals surface area contributed by atoms with Gasteiger partial charge in [-0.15, -0.1) is 0 Å². The van der Waals surface area contributed by atoms with Crippen molar-refractivity contribution in [2.24, 2.45) is 0 Å². The molecular weight excluding hydrogens is 509 g/mol. The molecule has 3 aliphatic rings. The third-order valence-electron chi connectivity index (χ3n) is 8.36. The number of anilines is 3. The normalized spacial score (nSPS) is 20.7. The summed E-state index contributed by atoms with van der Waals surface area (Å²) >= 11 is 0. The number of piperidine rings is 1. The SMILES string of the molecule is CN(CC1(O)CCCN(c2ccc(Nc3ccc(-c4cnc5cc(F)ccn45)c4c3C(=O)NC4)nc2)C1)C1CC1. The number of halogens is 1. The quantitative estimate of drug-likeness (QED) is 0.326. The number of pyridine rings is 2. The Balaban J connectivity index is 1.11. The summed E-state index contributed by atoms with van der Waals surface area (Å²) in [5.74, 6) is 0.131. The van der Waals surface area contributed by atoms with Crippen molar-refractivity contribution in [3.05, 3.63) is 71.9 Å². The van der Waals surface area contributed by atoms with Crippen LogP contribution in [0.25, 0.3) is 16.9 Å². The number of hydrogen-bond acceptors (Lipinski definition) is 7. The van der Waals surface area contributed by atoms with Gasteiger partial charge in [0.2, 0.25) is 0 Å². The number of carbonyl (C=O) groups excluding carboxylic acids is 1. The molecule has 1 aliphatic carbocycles. The average Bonchev–Trinajstić information content (AvgIpc) is 3.62. The summed E-state index contributed by atoms with van der Waals surface area (Å²) in [5, 5.41) is 17.6. The fraction of sp³-hybridized carbons (Fsp3) is 0.367. The Labute approximate surface area is 231 Å². The van der Waals surface area contributed by atoms with Gasteiger partial charge in [0.1, 0.15) is 17.3 Å². The molecule has 10 heteroatoms. The molecule has 2 fully saturated rings. The molecule has 40 heavy (non-hydrogen) atoms. The van der Waals surface area contributed by atoms with E-state index in [1.807, 2.05) is 34.9 Å². The van der Waals surface area contributed by atoms with Gasteiger partial charge in [-0.25, -0.2) is 14.4 Å². The van der Waals surface area contributed by atoms with Gasteiger partial charge in [0.15, 0.2) is 0 Å². The maximum atomic E-state index is 13.7. The van der Waals surface area contributed by atoms with Crippen LogP contribution in [0.15, 0.2) is 55.0 Å². The lowest BCUT2D eigenvalue weighted by molar-refractivity contribution is -0.00343. The number of hydrogen-bond donors (Lipinski definition) is 3. The number of β-amino-alcohol motifs (C(OH)–C–C–N with tert-alkyl or cyclic N) is 1. The molecule has 2 aliphatic heterocycles. The summed E-state index contributed by atoms with van der Waals surface area (Å²) in [6, 6.07) is 11.1. The monoisotopic (exact) mass is 541 g/mol. The molecule has 206 valence electrons. The number of imidazole rings is 1. The lowest BCUT2D eigenvalue weighted by Crippen LogP contribution is -2.54. The highest BCUT2D eigenvalue weighted by atomic mass is 19.1. The fourth-order valence-corrected chi connectivity index (χ4v) is 6.20. The summed E-state index contributed by atoms with van der Waals surface area (Å²) in [6.07, 6.45) is 9.37. The highest BCUT2D eigenvalue weighted by molar-refractivity contribution is 6.06. The number of amides is 1. The van der Waals surface area contributed by atoms with E-state index in [0.717, 1.165) is 41.9 Å². The molecule has 1 saturated heterocycles. The lowest BCUT2D eigenvalue weighted by atomic mass is 9.92. The summed E-state index contributed by atoms with van der Waals surface area (Å²) < 4.78 is 15.5. The Bertz CT molecular complexity index is 1600. The first-order valence-electron chi connectivity index (χ1n) is 13.8. The lowest BCUT2D eigenvalue weighted by Gasteiger charge is -2.42. The van der Waals surface area contributed by atoms with E-state index < -0.39 is 5.60 Å². The Morgan fingerprint density at radius 2 is 2.08 bits per heavy atom. The molecule has 3 aromatic heterocycles. The van der Waals surface area contributed by atoms with Gasteiger partial charge in [-0.1, -0.05) is 6.07 Å². The number of aliphatic hydroxyl groups is 1. The largest absolute Gasteiger partial charge is 0.387 e. The molecule has 0 spiro atoms. The van der Waals surface area contributed by atoms with E-state index >= 15 is 0 Å². The number of rotatable bonds is 7. The number of benzene rings is 1. The second-order valence-corrected chi connectivity index (χ2v) is 11.3. The predicted molar refractivity (Wildman–Crippen MR) is 151 cm³/mol. The van der Waals surface area contributed by atoms with Crippen molar-refractivity contribution >= 4 is 28.7 Å². The maximum Gasteiger partial charge on any atom is 0.254 e. The van der Waals surface area contributed by atoms with Gasteiger partial charge in [0, 0.05) is 50.0 Å². The van der Waals surface area contributed by atoms with E-state index in [-0.39, 0.29) is 11.7 Å². The van der Waals surface area contributed by atoms with Crippen LogP contribution in [-0.2, 0) is 6.54 Å². The van der Waals surface area contributed by atoms with Crippen LogP contribution in [0.1, 0.15) is 41.6 Å². The molecule has 7 rings (SSSR count). The number of likely N-dealkylation sites (N-methyl/N-ethyl adjacent to an activating group) is 1. The van der Waals surface area contributed by atoms with Crippen molar-refractivity contribution < 1.29 is 14.3 Å². The molecule has 0 bridgehead atoms. The zero-order chi connectivity index (χ0) is 27.4. The molecule has 1 unspecified atom stereocenters. The van der Waals surface area contributed by atoms with Crippen LogP contribution in [0.3, 0.4) is 0 Å². The minimum Gasteiger partial charge on any atom is -0.387 e. The highest BCUT2D eigenvalue weighted by Crippen LogP contribution is 2.36. The summed E-state index contributed by atoms with van der Waals surface area (Å²) in [5.41, 5.74) is 4.52. The van der Waals surface area contributed by atoms with E-state index in [2.05, 4.69) is 37.4 Å². The third kappa shape index (κ3) is 4.56. The molecule has 9 nitrogen and oxygen atoms in total. The van der Waals surface area contributed by atoms with Crippen LogP contribution in [-0.4, -0.2) is 68.6 Å². The number of carbonyl (C=O) groups is 1. The molecular formula is C30H32FN7O2. The van der Waals surface area contributed by atoms with Gasteiger partial charge in [-0.3, -0.25) is 9.20 Å². The van der Waals surface area contributed by atoms with E-state index in [0.29, 0.717) is 48.4 Å². The van der Waals surface area contributed by atoms with Gasteiger partial charge < -0.3 is 25.5 Å². The molecule has 1 amide bonds. The standard InChI is InChI=1S/C30H32FN7O2/c1-36(20-3-4-20)17-30(40)10-2-11-37(18-30)21-5-8-26(32-14-21)35-24-7-6-22(23-15-34-29(39)28(23)24)25-16-33-27-13-19(31)9-12-38(25)27/h5-9,12-14,16,20,40H,2-4,10-11,15,17-18H2,1H3,(H,32,35)(H,34,39). The first-order valence-corrected chi connectivity index (χ1v) is 13.8. The average molecular weight is 542 g/mol. The maximum absolute atomic E-state index is 13.7. The van der Waals surface area contributed by atoms with Crippen molar-refractivity contribution in [3.8, 4) is 11.3 Å². The topological polar surface area (TPSA) is 98.0 Å². The third-order valence-corrected chi connectivity index (χ3v) is 8.36. The number of fused-ring (bicyclic) bond motifs is 2. The van der Waals surface area contributed by atoms with Gasteiger partial charge >= 0.3 is 0 Å². The summed E-state index contributed by atoms with van der Waals surface area (Å²) in [6.45, 7) is 2.56.